The molecule has 0 aliphatic rings. The molecule has 0 aromatic heterocycles. The first-order valence-electron chi connectivity index (χ1n) is 5.44. The lowest BCUT2D eigenvalue weighted by atomic mass is 10.1. The van der Waals surface area contributed by atoms with E-state index in [0.29, 0.717) is 5.56 Å². The standard InChI is InChI=1S/C14H10F2O3/c1-8-6-9(14(17)18)2-5-12(8)19-13-7-10(15)3-4-11(13)16/h2-7H,1H3,(H,17,18). The largest absolute Gasteiger partial charge is 0.478 e. The molecule has 0 heterocycles. The lowest BCUT2D eigenvalue weighted by Crippen LogP contribution is -1.98. The number of benzene rings is 2. The summed E-state index contributed by atoms with van der Waals surface area (Å²) in [4.78, 5) is 10.8. The second-order valence-electron chi connectivity index (χ2n) is 3.96. The zero-order chi connectivity index (χ0) is 14.0. The van der Waals surface area contributed by atoms with Gasteiger partial charge in [-0.2, -0.15) is 0 Å². The van der Waals surface area contributed by atoms with Gasteiger partial charge < -0.3 is 9.84 Å². The maximum atomic E-state index is 13.4. The number of hydrogen-bond donors (Lipinski definition) is 1. The number of ether oxygens (including phenoxy) is 1. The van der Waals surface area contributed by atoms with Gasteiger partial charge in [-0.15, -0.1) is 0 Å². The van der Waals surface area contributed by atoms with E-state index in [1.54, 1.807) is 6.92 Å². The Kier molecular flexibility index (Phi) is 3.46. The van der Waals surface area contributed by atoms with Gasteiger partial charge in [0, 0.05) is 6.07 Å². The summed E-state index contributed by atoms with van der Waals surface area (Å²) >= 11 is 0. The van der Waals surface area contributed by atoms with Gasteiger partial charge in [0.2, 0.25) is 0 Å². The maximum absolute atomic E-state index is 13.4. The zero-order valence-corrected chi connectivity index (χ0v) is 9.98. The van der Waals surface area contributed by atoms with Gasteiger partial charge >= 0.3 is 5.97 Å². The van der Waals surface area contributed by atoms with Gasteiger partial charge in [-0.1, -0.05) is 0 Å². The van der Waals surface area contributed by atoms with Crippen molar-refractivity contribution in [3.05, 3.63) is 59.2 Å². The Hall–Kier alpha value is -2.43. The Morgan fingerprint density at radius 1 is 1.11 bits per heavy atom. The Morgan fingerprint density at radius 3 is 2.47 bits per heavy atom. The fraction of sp³-hybridized carbons (Fsp3) is 0.0714. The highest BCUT2D eigenvalue weighted by atomic mass is 19.1. The summed E-state index contributed by atoms with van der Waals surface area (Å²) in [7, 11) is 0. The number of rotatable bonds is 3. The molecule has 2 rings (SSSR count). The number of aryl methyl sites for hydroxylation is 1. The van der Waals surface area contributed by atoms with Crippen LogP contribution in [0.4, 0.5) is 8.78 Å². The van der Waals surface area contributed by atoms with Crippen molar-refractivity contribution >= 4 is 5.97 Å². The van der Waals surface area contributed by atoms with Crippen LogP contribution in [0.5, 0.6) is 11.5 Å². The maximum Gasteiger partial charge on any atom is 0.335 e. The molecule has 0 bridgehead atoms. The van der Waals surface area contributed by atoms with Gasteiger partial charge in [0.1, 0.15) is 11.6 Å². The first-order chi connectivity index (χ1) is 8.97. The van der Waals surface area contributed by atoms with E-state index in [0.717, 1.165) is 18.2 Å². The molecule has 0 aliphatic carbocycles. The second kappa shape index (κ2) is 5.06. The minimum Gasteiger partial charge on any atom is -0.478 e. The summed E-state index contributed by atoms with van der Waals surface area (Å²) in [5.74, 6) is -2.34. The van der Waals surface area contributed by atoms with Gasteiger partial charge in [-0.3, -0.25) is 0 Å². The fourth-order valence-corrected chi connectivity index (χ4v) is 1.57. The minimum absolute atomic E-state index is 0.101. The van der Waals surface area contributed by atoms with Crippen LogP contribution in [0.25, 0.3) is 0 Å². The van der Waals surface area contributed by atoms with Crippen molar-refractivity contribution < 1.29 is 23.4 Å². The summed E-state index contributed by atoms with van der Waals surface area (Å²) in [6, 6.07) is 7.02. The summed E-state index contributed by atoms with van der Waals surface area (Å²) in [5, 5.41) is 8.82. The molecule has 0 radical (unpaired) electrons. The topological polar surface area (TPSA) is 46.5 Å². The third-order valence-corrected chi connectivity index (χ3v) is 2.54. The van der Waals surface area contributed by atoms with E-state index >= 15 is 0 Å². The Bertz CT molecular complexity index is 639. The molecule has 2 aromatic rings. The van der Waals surface area contributed by atoms with Gasteiger partial charge in [-0.05, 0) is 42.8 Å². The van der Waals surface area contributed by atoms with Gasteiger partial charge in [-0.25, -0.2) is 13.6 Å². The van der Waals surface area contributed by atoms with Crippen LogP contribution >= 0.6 is 0 Å². The van der Waals surface area contributed by atoms with Gasteiger partial charge in [0.05, 0.1) is 5.56 Å². The number of carbonyl (C=O) groups is 1. The highest BCUT2D eigenvalue weighted by molar-refractivity contribution is 5.88. The van der Waals surface area contributed by atoms with E-state index in [2.05, 4.69) is 0 Å². The molecule has 0 atom stereocenters. The quantitative estimate of drug-likeness (QED) is 0.918. The van der Waals surface area contributed by atoms with E-state index in [1.165, 1.54) is 18.2 Å². The predicted octanol–water partition coefficient (Wildman–Crippen LogP) is 3.76. The first kappa shape index (κ1) is 13.0. The lowest BCUT2D eigenvalue weighted by Gasteiger charge is -2.10. The number of halogens is 2. The van der Waals surface area contributed by atoms with Crippen LogP contribution in [0, 0.1) is 18.6 Å². The molecular weight excluding hydrogens is 254 g/mol. The monoisotopic (exact) mass is 264 g/mol. The first-order valence-corrected chi connectivity index (χ1v) is 5.44. The van der Waals surface area contributed by atoms with E-state index in [-0.39, 0.29) is 17.1 Å². The van der Waals surface area contributed by atoms with Gasteiger partial charge in [0.15, 0.2) is 11.6 Å². The van der Waals surface area contributed by atoms with Crippen LogP contribution in [0.2, 0.25) is 0 Å². The molecule has 0 saturated heterocycles. The van der Waals surface area contributed by atoms with Crippen molar-refractivity contribution in [1.29, 1.82) is 0 Å². The van der Waals surface area contributed by atoms with Crippen molar-refractivity contribution in [3.8, 4) is 11.5 Å². The van der Waals surface area contributed by atoms with Crippen LogP contribution < -0.4 is 4.74 Å². The smallest absolute Gasteiger partial charge is 0.335 e. The summed E-state index contributed by atoms with van der Waals surface area (Å²) in [6.45, 7) is 1.62. The fourth-order valence-electron chi connectivity index (χ4n) is 1.57. The van der Waals surface area contributed by atoms with Crippen molar-refractivity contribution in [3.63, 3.8) is 0 Å². The predicted molar refractivity (Wildman–Crippen MR) is 64.6 cm³/mol. The normalized spacial score (nSPS) is 10.3. The SMILES string of the molecule is Cc1cc(C(=O)O)ccc1Oc1cc(F)ccc1F. The number of carboxylic acids is 1. The molecular formula is C14H10F2O3. The van der Waals surface area contributed by atoms with Crippen LogP contribution in [0.3, 0.4) is 0 Å². The lowest BCUT2D eigenvalue weighted by molar-refractivity contribution is 0.0696. The number of aromatic carboxylic acids is 1. The van der Waals surface area contributed by atoms with Crippen molar-refractivity contribution in [2.75, 3.05) is 0 Å². The van der Waals surface area contributed by atoms with Crippen LogP contribution in [-0.2, 0) is 0 Å². The summed E-state index contributed by atoms with van der Waals surface area (Å²) < 4.78 is 31.7. The highest BCUT2D eigenvalue weighted by Gasteiger charge is 2.10. The Morgan fingerprint density at radius 2 is 1.84 bits per heavy atom. The molecule has 0 saturated carbocycles. The third kappa shape index (κ3) is 2.88. The zero-order valence-electron chi connectivity index (χ0n) is 9.98. The number of hydrogen-bond acceptors (Lipinski definition) is 2. The summed E-state index contributed by atoms with van der Waals surface area (Å²) in [6.07, 6.45) is 0. The van der Waals surface area contributed by atoms with Crippen molar-refractivity contribution in [1.82, 2.24) is 0 Å². The Labute approximate surface area is 108 Å². The Balaban J connectivity index is 2.33. The molecule has 0 amide bonds. The molecule has 1 N–H and O–H groups in total. The van der Waals surface area contributed by atoms with E-state index in [1.807, 2.05) is 0 Å². The van der Waals surface area contributed by atoms with Gasteiger partial charge in [0.25, 0.3) is 0 Å². The molecule has 98 valence electrons. The molecule has 3 nitrogen and oxygen atoms in total. The van der Waals surface area contributed by atoms with Crippen LogP contribution in [-0.4, -0.2) is 11.1 Å². The van der Waals surface area contributed by atoms with Crippen molar-refractivity contribution in [2.45, 2.75) is 6.92 Å². The molecule has 5 heteroatoms. The third-order valence-electron chi connectivity index (χ3n) is 2.54. The number of carboxylic acid groups (broad SMARTS) is 1. The van der Waals surface area contributed by atoms with Crippen LogP contribution in [0.1, 0.15) is 15.9 Å². The van der Waals surface area contributed by atoms with Crippen LogP contribution in [0.15, 0.2) is 36.4 Å². The van der Waals surface area contributed by atoms with E-state index in [4.69, 9.17) is 9.84 Å². The van der Waals surface area contributed by atoms with E-state index < -0.39 is 17.6 Å². The van der Waals surface area contributed by atoms with E-state index in [9.17, 15) is 13.6 Å². The average Bonchev–Trinajstić information content (AvgIpc) is 2.36. The second-order valence-corrected chi connectivity index (χ2v) is 3.96. The molecule has 2 aromatic carbocycles. The molecule has 0 unspecified atom stereocenters. The molecule has 0 spiro atoms. The van der Waals surface area contributed by atoms with Crippen molar-refractivity contribution in [2.24, 2.45) is 0 Å². The molecule has 0 aliphatic heterocycles. The molecule has 19 heavy (non-hydrogen) atoms. The minimum atomic E-state index is -1.06. The average molecular weight is 264 g/mol. The molecule has 0 fully saturated rings. The highest BCUT2D eigenvalue weighted by Crippen LogP contribution is 2.28. The summed E-state index contributed by atoms with van der Waals surface area (Å²) in [5.41, 5.74) is 0.619.